The van der Waals surface area contributed by atoms with Crippen molar-refractivity contribution in [1.29, 1.82) is 0 Å². The first-order chi connectivity index (χ1) is 6.72. The van der Waals surface area contributed by atoms with Crippen molar-refractivity contribution in [2.24, 2.45) is 17.8 Å². The van der Waals surface area contributed by atoms with Gasteiger partial charge in [-0.1, -0.05) is 0 Å². The molecule has 0 atom stereocenters. The molecule has 14 heavy (non-hydrogen) atoms. The lowest BCUT2D eigenvalue weighted by Crippen LogP contribution is -2.58. The summed E-state index contributed by atoms with van der Waals surface area (Å²) < 4.78 is 0. The Kier molecular flexibility index (Phi) is 1.89. The molecule has 80 valence electrons. The summed E-state index contributed by atoms with van der Waals surface area (Å²) in [7, 11) is 0. The number of hydroxylamine groups is 2. The van der Waals surface area contributed by atoms with E-state index in [1.807, 2.05) is 0 Å². The third-order valence-electron chi connectivity index (χ3n) is 4.49. The van der Waals surface area contributed by atoms with Gasteiger partial charge in [0.1, 0.15) is 0 Å². The van der Waals surface area contributed by atoms with E-state index in [-0.39, 0.29) is 5.54 Å². The molecule has 0 aliphatic heterocycles. The average Bonchev–Trinajstić information content (AvgIpc) is 2.14. The van der Waals surface area contributed by atoms with E-state index in [4.69, 9.17) is 5.26 Å². The molecule has 2 N–H and O–H groups in total. The summed E-state index contributed by atoms with van der Waals surface area (Å²) in [6, 6.07) is 0. The Morgan fingerprint density at radius 2 is 1.43 bits per heavy atom. The standard InChI is InChI=1S/C10H17NO3/c12-11(14-13)10-4-7-1-8(5-10)3-9(2-7)6-10/h7-9,12-13H,1-6H2. The number of nitrogens with zero attached hydrogens (tertiary/aromatic N) is 1. The molecule has 4 saturated carbocycles. The Bertz CT molecular complexity index is 208. The fourth-order valence-electron chi connectivity index (χ4n) is 4.39. The van der Waals surface area contributed by atoms with E-state index < -0.39 is 0 Å². The highest BCUT2D eigenvalue weighted by molar-refractivity contribution is 5.04. The summed E-state index contributed by atoms with van der Waals surface area (Å²) in [5, 5.41) is 18.9. The molecule has 4 aliphatic carbocycles. The van der Waals surface area contributed by atoms with Crippen LogP contribution in [0.15, 0.2) is 0 Å². The lowest BCUT2D eigenvalue weighted by molar-refractivity contribution is -0.530. The van der Waals surface area contributed by atoms with Crippen LogP contribution in [0.25, 0.3) is 0 Å². The molecule has 4 heteroatoms. The maximum Gasteiger partial charge on any atom is 0.0773 e. The Balaban J connectivity index is 1.87. The highest BCUT2D eigenvalue weighted by Gasteiger charge is 2.54. The van der Waals surface area contributed by atoms with E-state index in [0.717, 1.165) is 42.2 Å². The predicted octanol–water partition coefficient (Wildman–Crippen LogP) is 2.05. The summed E-state index contributed by atoms with van der Waals surface area (Å²) in [5.41, 5.74) is -0.274. The van der Waals surface area contributed by atoms with Crippen molar-refractivity contribution in [3.63, 3.8) is 0 Å². The zero-order valence-electron chi connectivity index (χ0n) is 8.22. The van der Waals surface area contributed by atoms with Crippen LogP contribution >= 0.6 is 0 Å². The van der Waals surface area contributed by atoms with Gasteiger partial charge in [-0.15, -0.1) is 4.99 Å². The first kappa shape index (κ1) is 9.09. The van der Waals surface area contributed by atoms with Gasteiger partial charge < -0.3 is 0 Å². The van der Waals surface area contributed by atoms with E-state index in [2.05, 4.69) is 4.99 Å². The van der Waals surface area contributed by atoms with Crippen LogP contribution in [0.1, 0.15) is 38.5 Å². The molecule has 0 aromatic rings. The fraction of sp³-hybridized carbons (Fsp3) is 1.00. The van der Waals surface area contributed by atoms with Gasteiger partial charge in [0.2, 0.25) is 0 Å². The maximum absolute atomic E-state index is 9.58. The summed E-state index contributed by atoms with van der Waals surface area (Å²) in [5.74, 6) is 2.23. The van der Waals surface area contributed by atoms with Gasteiger partial charge in [0.15, 0.2) is 0 Å². The Labute approximate surface area is 83.3 Å². The summed E-state index contributed by atoms with van der Waals surface area (Å²) >= 11 is 0. The summed E-state index contributed by atoms with van der Waals surface area (Å²) in [6.45, 7) is 0. The van der Waals surface area contributed by atoms with Gasteiger partial charge in [-0.05, 0) is 61.5 Å². The van der Waals surface area contributed by atoms with Crippen molar-refractivity contribution in [3.8, 4) is 0 Å². The van der Waals surface area contributed by atoms with Gasteiger partial charge >= 0.3 is 0 Å². The van der Waals surface area contributed by atoms with Crippen molar-refractivity contribution in [3.05, 3.63) is 0 Å². The van der Waals surface area contributed by atoms with E-state index in [0.29, 0.717) is 0 Å². The topological polar surface area (TPSA) is 52.9 Å². The molecular weight excluding hydrogens is 182 g/mol. The minimum atomic E-state index is -0.274. The Morgan fingerprint density at radius 3 is 1.79 bits per heavy atom. The quantitative estimate of drug-likeness (QED) is 0.528. The van der Waals surface area contributed by atoms with Crippen molar-refractivity contribution >= 4 is 0 Å². The largest absolute Gasteiger partial charge is 0.287 e. The molecule has 0 aromatic carbocycles. The van der Waals surface area contributed by atoms with Crippen molar-refractivity contribution < 1.29 is 15.5 Å². The van der Waals surface area contributed by atoms with Crippen LogP contribution in [-0.2, 0) is 4.99 Å². The van der Waals surface area contributed by atoms with Crippen molar-refractivity contribution in [2.45, 2.75) is 44.1 Å². The number of hydrogen-bond acceptors (Lipinski definition) is 4. The third kappa shape index (κ3) is 1.15. The molecule has 0 saturated heterocycles. The molecule has 0 amide bonds. The summed E-state index contributed by atoms with van der Waals surface area (Å²) in [4.78, 5) is 4.02. The Morgan fingerprint density at radius 1 is 1.00 bits per heavy atom. The molecule has 4 nitrogen and oxygen atoms in total. The van der Waals surface area contributed by atoms with Gasteiger partial charge in [0, 0.05) is 0 Å². The third-order valence-corrected chi connectivity index (χ3v) is 4.49. The molecule has 0 aromatic heterocycles. The van der Waals surface area contributed by atoms with E-state index >= 15 is 0 Å². The lowest BCUT2D eigenvalue weighted by atomic mass is 9.53. The SMILES string of the molecule is OON(O)C12CC3CC(CC(C3)C1)C2. The van der Waals surface area contributed by atoms with E-state index in [1.54, 1.807) is 0 Å². The first-order valence-electron chi connectivity index (χ1n) is 5.52. The molecule has 0 heterocycles. The molecule has 4 aliphatic rings. The van der Waals surface area contributed by atoms with Crippen molar-refractivity contribution in [1.82, 2.24) is 5.23 Å². The minimum Gasteiger partial charge on any atom is -0.287 e. The lowest BCUT2D eigenvalue weighted by Gasteiger charge is -2.57. The van der Waals surface area contributed by atoms with E-state index in [1.165, 1.54) is 19.3 Å². The number of rotatable bonds is 2. The van der Waals surface area contributed by atoms with Gasteiger partial charge in [-0.3, -0.25) is 5.21 Å². The van der Waals surface area contributed by atoms with Gasteiger partial charge in [-0.2, -0.15) is 0 Å². The smallest absolute Gasteiger partial charge is 0.0773 e. The molecule has 0 unspecified atom stereocenters. The van der Waals surface area contributed by atoms with Crippen LogP contribution < -0.4 is 0 Å². The highest BCUT2D eigenvalue weighted by Crippen LogP contribution is 2.57. The second kappa shape index (κ2) is 2.92. The molecule has 4 fully saturated rings. The van der Waals surface area contributed by atoms with Gasteiger partial charge in [0.05, 0.1) is 5.54 Å². The zero-order valence-corrected chi connectivity index (χ0v) is 8.22. The first-order valence-corrected chi connectivity index (χ1v) is 5.52. The second-order valence-electron chi connectivity index (χ2n) is 5.50. The molecule has 0 spiro atoms. The van der Waals surface area contributed by atoms with E-state index in [9.17, 15) is 5.21 Å². The normalized spacial score (nSPS) is 50.4. The van der Waals surface area contributed by atoms with Crippen LogP contribution in [-0.4, -0.2) is 21.2 Å². The molecular formula is C10H17NO3. The van der Waals surface area contributed by atoms with Gasteiger partial charge in [0.25, 0.3) is 0 Å². The zero-order chi connectivity index (χ0) is 9.76. The fourth-order valence-corrected chi connectivity index (χ4v) is 4.39. The molecule has 4 rings (SSSR count). The van der Waals surface area contributed by atoms with Gasteiger partial charge in [-0.25, -0.2) is 5.26 Å². The minimum absolute atomic E-state index is 0.274. The van der Waals surface area contributed by atoms with Crippen molar-refractivity contribution in [2.75, 3.05) is 0 Å². The monoisotopic (exact) mass is 199 g/mol. The Hall–Kier alpha value is -0.160. The second-order valence-corrected chi connectivity index (χ2v) is 5.50. The van der Waals surface area contributed by atoms with Crippen LogP contribution in [0.3, 0.4) is 0 Å². The molecule has 0 radical (unpaired) electrons. The van der Waals surface area contributed by atoms with Crippen LogP contribution in [0.2, 0.25) is 0 Å². The average molecular weight is 199 g/mol. The predicted molar refractivity (Wildman–Crippen MR) is 48.2 cm³/mol. The van der Waals surface area contributed by atoms with Crippen LogP contribution in [0, 0.1) is 17.8 Å². The van der Waals surface area contributed by atoms with Crippen LogP contribution in [0.4, 0.5) is 0 Å². The number of hydrogen-bond donors (Lipinski definition) is 2. The van der Waals surface area contributed by atoms with Crippen LogP contribution in [0.5, 0.6) is 0 Å². The molecule has 4 bridgehead atoms. The highest BCUT2D eigenvalue weighted by atomic mass is 17.3. The maximum atomic E-state index is 9.58. The summed E-state index contributed by atoms with van der Waals surface area (Å²) in [6.07, 6.45) is 6.90.